The molecule has 18 heteroatoms. The van der Waals surface area contributed by atoms with E-state index in [0.29, 0.717) is 35.1 Å². The fourth-order valence-corrected chi connectivity index (χ4v) is 2.99. The zero-order valence-corrected chi connectivity index (χ0v) is 20.4. The number of aliphatic hydroxyl groups excluding tert-OH is 2. The van der Waals surface area contributed by atoms with Gasteiger partial charge in [-0.25, -0.2) is 4.57 Å². The van der Waals surface area contributed by atoms with Gasteiger partial charge in [-0.1, -0.05) is 0 Å². The Hall–Kier alpha value is -2.06. The molecule has 34 heavy (non-hydrogen) atoms. The van der Waals surface area contributed by atoms with E-state index < -0.39 is 15.6 Å². The first-order valence-electron chi connectivity index (χ1n) is 8.37. The van der Waals surface area contributed by atoms with Crippen molar-refractivity contribution in [3.05, 3.63) is 46.0 Å². The Morgan fingerprint density at radius 3 is 1.38 bits per heavy atom. The molecule has 0 bridgehead atoms. The van der Waals surface area contributed by atoms with Crippen LogP contribution >= 0.6 is 15.6 Å². The number of pyridine rings is 2. The van der Waals surface area contributed by atoms with E-state index in [2.05, 4.69) is 14.3 Å². The van der Waals surface area contributed by atoms with Crippen molar-refractivity contribution in [2.45, 2.75) is 27.1 Å². The molecule has 0 aliphatic rings. The molecule has 0 amide bonds. The first-order chi connectivity index (χ1) is 15.1. The predicted molar refractivity (Wildman–Crippen MR) is 105 cm³/mol. The Morgan fingerprint density at radius 1 is 0.882 bits per heavy atom. The van der Waals surface area contributed by atoms with Gasteiger partial charge < -0.3 is 44.6 Å². The zero-order chi connectivity index (χ0) is 26.0. The largest absolute Gasteiger partial charge is 2.00 e. The van der Waals surface area contributed by atoms with Crippen LogP contribution in [0.2, 0.25) is 0 Å². The second-order valence-electron chi connectivity index (χ2n) is 5.83. The van der Waals surface area contributed by atoms with Gasteiger partial charge in [0.25, 0.3) is 0 Å². The van der Waals surface area contributed by atoms with Crippen molar-refractivity contribution >= 4 is 28.2 Å². The van der Waals surface area contributed by atoms with E-state index in [-0.39, 0.29) is 52.9 Å². The Morgan fingerprint density at radius 2 is 1.21 bits per heavy atom. The molecule has 15 nitrogen and oxygen atoms in total. The maximum atomic E-state index is 10.5. The van der Waals surface area contributed by atoms with Crippen LogP contribution in [0.15, 0.2) is 12.4 Å². The number of aldehydes is 2. The number of phosphoric acid groups is 2. The summed E-state index contributed by atoms with van der Waals surface area (Å²) in [5, 5.41) is 36.1. The second-order valence-corrected chi connectivity index (χ2v) is 8.36. The smallest absolute Gasteiger partial charge is 0.789 e. The summed E-state index contributed by atoms with van der Waals surface area (Å²) in [6.07, 6.45) is 3.77. The van der Waals surface area contributed by atoms with Crippen LogP contribution < -0.4 is 9.79 Å². The minimum absolute atomic E-state index is 0. The van der Waals surface area contributed by atoms with Gasteiger partial charge in [0, 0.05) is 23.5 Å². The van der Waals surface area contributed by atoms with Crippen LogP contribution in [0.4, 0.5) is 0 Å². The normalized spacial score (nSPS) is 10.6. The fraction of sp³-hybridized carbons (Fsp3) is 0.250. The molecule has 0 aliphatic heterocycles. The summed E-state index contributed by atoms with van der Waals surface area (Å²) in [5.74, 6) is -0.312. The first kappa shape index (κ1) is 34.1. The van der Waals surface area contributed by atoms with Crippen LogP contribution in [0.25, 0.3) is 0 Å². The van der Waals surface area contributed by atoms with E-state index in [0.717, 1.165) is 0 Å². The molecule has 0 spiro atoms. The van der Waals surface area contributed by atoms with Gasteiger partial charge in [0.2, 0.25) is 0 Å². The first-order valence-corrected chi connectivity index (χ1v) is 11.4. The van der Waals surface area contributed by atoms with Crippen molar-refractivity contribution in [1.29, 1.82) is 0 Å². The number of rotatable bonds is 6. The second kappa shape index (κ2) is 15.0. The van der Waals surface area contributed by atoms with Gasteiger partial charge in [0.15, 0.2) is 12.6 Å². The third-order valence-corrected chi connectivity index (χ3v) is 5.15. The molecule has 2 rings (SSSR count). The maximum Gasteiger partial charge on any atom is 2.00 e. The van der Waals surface area contributed by atoms with E-state index in [1.54, 1.807) is 13.8 Å². The number of nitrogens with zero attached hydrogens (tertiary/aromatic N) is 2. The van der Waals surface area contributed by atoms with Gasteiger partial charge in [-0.15, -0.1) is 0 Å². The molecule has 0 aromatic carbocycles. The summed E-state index contributed by atoms with van der Waals surface area (Å²) in [4.78, 5) is 62.6. The van der Waals surface area contributed by atoms with Crippen molar-refractivity contribution in [2.75, 3.05) is 0 Å². The summed E-state index contributed by atoms with van der Waals surface area (Å²) in [6.45, 7) is 2.58. The summed E-state index contributed by atoms with van der Waals surface area (Å²) in [5.41, 5.74) is 1.68. The molecule has 1 radical (unpaired) electrons. The maximum absolute atomic E-state index is 10.5. The van der Waals surface area contributed by atoms with Gasteiger partial charge in [0.1, 0.15) is 11.5 Å². The molecule has 0 saturated heterocycles. The quantitative estimate of drug-likeness (QED) is 0.135. The van der Waals surface area contributed by atoms with Gasteiger partial charge in [-0.2, -0.15) is 0 Å². The van der Waals surface area contributed by atoms with Gasteiger partial charge in [-0.05, 0) is 13.8 Å². The molecule has 0 atom stereocenters. The van der Waals surface area contributed by atoms with Crippen LogP contribution in [-0.4, -0.2) is 52.8 Å². The summed E-state index contributed by atoms with van der Waals surface area (Å²) < 4.78 is 21.7. The monoisotopic (exact) mass is 565 g/mol. The SMILES string of the molecule is Cc1ncc(CO)c(C=O)c1O.Cc1ncc(CO)c(C=O)c1O.O=P([O-])([O-])OP(=O)(O)O.[Mn+2]. The van der Waals surface area contributed by atoms with Gasteiger partial charge in [-0.3, -0.25) is 23.9 Å². The number of hydrogen-bond acceptors (Lipinski definition) is 13. The van der Waals surface area contributed by atoms with E-state index >= 15 is 0 Å². The number of carbonyl (C=O) groups is 2. The molecule has 6 N–H and O–H groups in total. The van der Waals surface area contributed by atoms with Crippen molar-refractivity contribution in [1.82, 2.24) is 9.97 Å². The van der Waals surface area contributed by atoms with Crippen LogP contribution in [-0.2, 0) is 43.7 Å². The Bertz CT molecular complexity index is 988. The zero-order valence-electron chi connectivity index (χ0n) is 17.4. The summed E-state index contributed by atoms with van der Waals surface area (Å²) >= 11 is 0. The average Bonchev–Trinajstić information content (AvgIpc) is 2.70. The Labute approximate surface area is 203 Å². The van der Waals surface area contributed by atoms with Crippen LogP contribution in [0, 0.1) is 13.8 Å². The van der Waals surface area contributed by atoms with Crippen molar-refractivity contribution < 1.29 is 80.1 Å². The van der Waals surface area contributed by atoms with Crippen LogP contribution in [0.5, 0.6) is 11.5 Å². The third-order valence-electron chi connectivity index (χ3n) is 3.50. The minimum atomic E-state index is -5.55. The molecule has 0 aliphatic carbocycles. The molecule has 2 aromatic heterocycles. The van der Waals surface area contributed by atoms with Crippen molar-refractivity contribution in [2.24, 2.45) is 0 Å². The number of aryl methyl sites for hydroxylation is 2. The molecule has 0 saturated carbocycles. The number of carbonyl (C=O) groups excluding carboxylic acids is 2. The number of aromatic nitrogens is 2. The standard InChI is InChI=1S/2C8H9NO3.Mn.H4O7P2/c2*1-5-8(12)7(4-11)6(3-10)2-9-5;;1-8(2,3)7-9(4,5)6/h2*2,4,10,12H,3H2,1H3;;(H2,1,2,3)(H2,4,5,6)/q;;+2;/p-2. The number of aliphatic hydroxyl groups is 2. The van der Waals surface area contributed by atoms with E-state index in [1.807, 2.05) is 0 Å². The Balaban J connectivity index is 0. The van der Waals surface area contributed by atoms with Gasteiger partial charge in [0.05, 0.1) is 43.6 Å². The topological polar surface area (TPSA) is 271 Å². The van der Waals surface area contributed by atoms with Crippen LogP contribution in [0.1, 0.15) is 43.2 Å². The van der Waals surface area contributed by atoms with E-state index in [4.69, 9.17) is 20.0 Å². The molecule has 2 aromatic rings. The van der Waals surface area contributed by atoms with Gasteiger partial charge >= 0.3 is 24.9 Å². The summed E-state index contributed by atoms with van der Waals surface area (Å²) in [7, 11) is -10.7. The minimum Gasteiger partial charge on any atom is -0.789 e. The average molecular weight is 565 g/mol. The molecular weight excluding hydrogens is 545 g/mol. The Kier molecular flexibility index (Phi) is 15.1. The van der Waals surface area contributed by atoms with Crippen LogP contribution in [0.3, 0.4) is 0 Å². The van der Waals surface area contributed by atoms with E-state index in [1.165, 1.54) is 12.4 Å². The predicted octanol–water partition coefficient (Wildman–Crippen LogP) is -1.28. The fourth-order valence-electron chi connectivity index (χ4n) is 1.95. The molecule has 0 unspecified atom stereocenters. The molecular formula is C16H20MnN2O13P2. The summed E-state index contributed by atoms with van der Waals surface area (Å²) in [6, 6.07) is 0. The molecule has 2 heterocycles. The third kappa shape index (κ3) is 11.9. The molecule has 189 valence electrons. The van der Waals surface area contributed by atoms with Crippen molar-refractivity contribution in [3.8, 4) is 11.5 Å². The molecule has 0 fully saturated rings. The van der Waals surface area contributed by atoms with E-state index in [9.17, 15) is 38.7 Å². The number of hydrogen-bond donors (Lipinski definition) is 6. The van der Waals surface area contributed by atoms with Crippen molar-refractivity contribution in [3.63, 3.8) is 0 Å². The number of aromatic hydroxyl groups is 2.